The Morgan fingerprint density at radius 2 is 1.22 bits per heavy atom. The molecule has 1 amide bonds. The predicted molar refractivity (Wildman–Crippen MR) is 161 cm³/mol. The van der Waals surface area contributed by atoms with Crippen molar-refractivity contribution < 1.29 is 39.8 Å². The summed E-state index contributed by atoms with van der Waals surface area (Å²) >= 11 is 0. The Bertz CT molecular complexity index is 623. The van der Waals surface area contributed by atoms with Gasteiger partial charge in [-0.25, -0.2) is 0 Å². The number of ether oxygens (including phenoxy) is 2. The molecule has 1 fully saturated rings. The van der Waals surface area contributed by atoms with E-state index in [0.717, 1.165) is 19.3 Å². The van der Waals surface area contributed by atoms with Crippen molar-refractivity contribution in [2.75, 3.05) is 13.2 Å². The molecule has 7 unspecified atom stereocenters. The van der Waals surface area contributed by atoms with Crippen LogP contribution in [-0.4, -0.2) is 87.5 Å². The first-order chi connectivity index (χ1) is 19.8. The third-order valence-corrected chi connectivity index (χ3v) is 8.18. The molecule has 9 heteroatoms. The largest absolute Gasteiger partial charge is 0.394 e. The third kappa shape index (κ3) is 17.2. The molecule has 6 N–H and O–H groups in total. The van der Waals surface area contributed by atoms with Crippen LogP contribution in [0.1, 0.15) is 142 Å². The molecule has 0 radical (unpaired) electrons. The monoisotopic (exact) mass is 589 g/mol. The van der Waals surface area contributed by atoms with Crippen LogP contribution in [0.15, 0.2) is 0 Å². The van der Waals surface area contributed by atoms with Crippen molar-refractivity contribution >= 4 is 5.91 Å². The molecule has 0 bridgehead atoms. The van der Waals surface area contributed by atoms with E-state index in [2.05, 4.69) is 12.2 Å². The van der Waals surface area contributed by atoms with Crippen LogP contribution in [0, 0.1) is 0 Å². The van der Waals surface area contributed by atoms with Crippen LogP contribution < -0.4 is 5.32 Å². The lowest BCUT2D eigenvalue weighted by Crippen LogP contribution is -2.60. The molecule has 0 saturated carbocycles. The van der Waals surface area contributed by atoms with Crippen molar-refractivity contribution in [3.8, 4) is 0 Å². The highest BCUT2D eigenvalue weighted by atomic mass is 16.7. The summed E-state index contributed by atoms with van der Waals surface area (Å²) in [6, 6.07) is -0.706. The van der Waals surface area contributed by atoms with Gasteiger partial charge in [0.25, 0.3) is 0 Å². The fraction of sp³-hybridized carbons (Fsp3) is 0.969. The van der Waals surface area contributed by atoms with Crippen LogP contribution in [0.2, 0.25) is 0 Å². The normalized spacial score (nSPS) is 24.3. The van der Waals surface area contributed by atoms with E-state index in [0.29, 0.717) is 19.3 Å². The Labute approximate surface area is 249 Å². The zero-order valence-corrected chi connectivity index (χ0v) is 26.1. The molecule has 1 saturated heterocycles. The molecule has 41 heavy (non-hydrogen) atoms. The van der Waals surface area contributed by atoms with Crippen LogP contribution in [0.4, 0.5) is 0 Å². The molecule has 1 rings (SSSR count). The number of hydrogen-bond donors (Lipinski definition) is 6. The minimum Gasteiger partial charge on any atom is -0.394 e. The van der Waals surface area contributed by atoms with Crippen molar-refractivity contribution in [1.29, 1.82) is 0 Å². The molecule has 0 aromatic heterocycles. The number of aliphatic hydroxyl groups is 5. The Morgan fingerprint density at radius 1 is 0.732 bits per heavy atom. The quantitative estimate of drug-likeness (QED) is 0.0809. The SMILES string of the molecule is CCCCCCCCCCCCCCCCCCCC(O)C(COC1OC(CO)C(O)C(O)C1O)NC(=O)CCC. The number of amides is 1. The summed E-state index contributed by atoms with van der Waals surface area (Å²) in [5, 5.41) is 53.1. The van der Waals surface area contributed by atoms with Crippen LogP contribution in [0.3, 0.4) is 0 Å². The number of carbonyl (C=O) groups is 1. The smallest absolute Gasteiger partial charge is 0.220 e. The van der Waals surface area contributed by atoms with Gasteiger partial charge in [0.05, 0.1) is 25.4 Å². The topological polar surface area (TPSA) is 149 Å². The van der Waals surface area contributed by atoms with Gasteiger partial charge in [-0.05, 0) is 12.8 Å². The summed E-state index contributed by atoms with van der Waals surface area (Å²) in [5.41, 5.74) is 0. The first-order valence-electron chi connectivity index (χ1n) is 16.7. The summed E-state index contributed by atoms with van der Waals surface area (Å²) in [6.45, 7) is 3.47. The zero-order valence-electron chi connectivity index (χ0n) is 26.1. The molecule has 1 aliphatic heterocycles. The maximum Gasteiger partial charge on any atom is 0.220 e. The molecule has 1 heterocycles. The van der Waals surface area contributed by atoms with Crippen molar-refractivity contribution in [2.45, 2.75) is 185 Å². The predicted octanol–water partition coefficient (Wildman–Crippen LogP) is 4.49. The van der Waals surface area contributed by atoms with Crippen LogP contribution >= 0.6 is 0 Å². The molecule has 1 aliphatic rings. The van der Waals surface area contributed by atoms with E-state index < -0.39 is 49.5 Å². The second-order valence-corrected chi connectivity index (χ2v) is 12.0. The lowest BCUT2D eigenvalue weighted by atomic mass is 9.99. The van der Waals surface area contributed by atoms with Gasteiger partial charge in [-0.15, -0.1) is 0 Å². The maximum atomic E-state index is 12.2. The summed E-state index contributed by atoms with van der Waals surface area (Å²) < 4.78 is 11.0. The van der Waals surface area contributed by atoms with Gasteiger partial charge < -0.3 is 40.3 Å². The van der Waals surface area contributed by atoms with E-state index in [1.165, 1.54) is 89.9 Å². The number of aliphatic hydroxyl groups excluding tert-OH is 5. The second kappa shape index (κ2) is 24.6. The minimum absolute atomic E-state index is 0.141. The molecule has 0 spiro atoms. The van der Waals surface area contributed by atoms with Gasteiger partial charge in [-0.1, -0.05) is 123 Å². The molecule has 244 valence electrons. The second-order valence-electron chi connectivity index (χ2n) is 12.0. The van der Waals surface area contributed by atoms with Gasteiger partial charge in [0.15, 0.2) is 6.29 Å². The molecule has 0 aliphatic carbocycles. The highest BCUT2D eigenvalue weighted by molar-refractivity contribution is 5.76. The minimum atomic E-state index is -1.54. The summed E-state index contributed by atoms with van der Waals surface area (Å²) in [7, 11) is 0. The lowest BCUT2D eigenvalue weighted by molar-refractivity contribution is -0.302. The van der Waals surface area contributed by atoms with E-state index in [4.69, 9.17) is 9.47 Å². The average Bonchev–Trinajstić information content (AvgIpc) is 2.96. The first kappa shape index (κ1) is 38.2. The van der Waals surface area contributed by atoms with E-state index >= 15 is 0 Å². The van der Waals surface area contributed by atoms with Gasteiger partial charge in [-0.2, -0.15) is 0 Å². The molecule has 0 aromatic carbocycles. The number of unbranched alkanes of at least 4 members (excludes halogenated alkanes) is 16. The fourth-order valence-electron chi connectivity index (χ4n) is 5.44. The highest BCUT2D eigenvalue weighted by Gasteiger charge is 2.44. The third-order valence-electron chi connectivity index (χ3n) is 8.18. The van der Waals surface area contributed by atoms with Crippen molar-refractivity contribution in [1.82, 2.24) is 5.32 Å². The first-order valence-corrected chi connectivity index (χ1v) is 16.7. The zero-order chi connectivity index (χ0) is 30.3. The molecule has 7 atom stereocenters. The number of hydrogen-bond acceptors (Lipinski definition) is 8. The van der Waals surface area contributed by atoms with Gasteiger partial charge in [0.2, 0.25) is 5.91 Å². The molecule has 0 aromatic rings. The Hall–Kier alpha value is -0.810. The van der Waals surface area contributed by atoms with E-state index in [9.17, 15) is 30.3 Å². The van der Waals surface area contributed by atoms with Crippen molar-refractivity contribution in [2.24, 2.45) is 0 Å². The van der Waals surface area contributed by atoms with Crippen molar-refractivity contribution in [3.63, 3.8) is 0 Å². The van der Waals surface area contributed by atoms with E-state index in [-0.39, 0.29) is 12.5 Å². The summed E-state index contributed by atoms with van der Waals surface area (Å²) in [6.07, 6.45) is 15.6. The number of carbonyl (C=O) groups excluding carboxylic acids is 1. The van der Waals surface area contributed by atoms with Gasteiger partial charge in [0, 0.05) is 6.42 Å². The molecular formula is C32H63NO8. The van der Waals surface area contributed by atoms with Crippen molar-refractivity contribution in [3.05, 3.63) is 0 Å². The van der Waals surface area contributed by atoms with Crippen LogP contribution in [0.5, 0.6) is 0 Å². The van der Waals surface area contributed by atoms with Crippen LogP contribution in [0.25, 0.3) is 0 Å². The average molecular weight is 590 g/mol. The van der Waals surface area contributed by atoms with Gasteiger partial charge >= 0.3 is 0 Å². The van der Waals surface area contributed by atoms with E-state index in [1.54, 1.807) is 0 Å². The van der Waals surface area contributed by atoms with E-state index in [1.807, 2.05) is 6.92 Å². The fourth-order valence-corrected chi connectivity index (χ4v) is 5.44. The van der Waals surface area contributed by atoms with Gasteiger partial charge in [-0.3, -0.25) is 4.79 Å². The van der Waals surface area contributed by atoms with Gasteiger partial charge in [0.1, 0.15) is 24.4 Å². The number of rotatable bonds is 26. The number of nitrogens with one attached hydrogen (secondary N) is 1. The molecule has 9 nitrogen and oxygen atoms in total. The van der Waals surface area contributed by atoms with Crippen LogP contribution in [-0.2, 0) is 14.3 Å². The summed E-state index contributed by atoms with van der Waals surface area (Å²) in [5.74, 6) is -0.198. The highest BCUT2D eigenvalue weighted by Crippen LogP contribution is 2.23. The standard InChI is InChI=1S/C32H63NO8/c1-3-5-6-7-8-9-10-11-12-13-14-15-16-17-18-19-20-22-26(35)25(33-28(36)21-4-2)24-40-32-31(39)30(38)29(37)27(23-34)41-32/h25-27,29-32,34-35,37-39H,3-24H2,1-2H3,(H,33,36). The Morgan fingerprint density at radius 3 is 1.68 bits per heavy atom. The lowest BCUT2D eigenvalue weighted by Gasteiger charge is -2.40. The maximum absolute atomic E-state index is 12.2. The summed E-state index contributed by atoms with van der Waals surface area (Å²) in [4.78, 5) is 12.2. The molecular weight excluding hydrogens is 526 g/mol. The Kier molecular flexibility index (Phi) is 22.9. The Balaban J connectivity index is 2.21.